The standard InChI is InChI=1S/C18H23N3O/c1-20(13-15-9-10-15)18(22)8-5-11-21-14-17(12-19-21)16-6-3-2-4-7-16/h2-4,6-7,12,14-15H,5,8-11,13H2,1H3. The molecule has 0 bridgehead atoms. The van der Waals surface area contributed by atoms with E-state index < -0.39 is 0 Å². The van der Waals surface area contributed by atoms with E-state index in [9.17, 15) is 4.79 Å². The van der Waals surface area contributed by atoms with Crippen LogP contribution < -0.4 is 0 Å². The molecule has 0 radical (unpaired) electrons. The second-order valence-electron chi connectivity index (χ2n) is 6.18. The molecular weight excluding hydrogens is 274 g/mol. The maximum absolute atomic E-state index is 12.0. The Morgan fingerprint density at radius 3 is 2.77 bits per heavy atom. The first-order valence-corrected chi connectivity index (χ1v) is 8.04. The molecule has 0 unspecified atom stereocenters. The number of nitrogens with zero attached hydrogens (tertiary/aromatic N) is 3. The average Bonchev–Trinajstić information content (AvgIpc) is 3.23. The van der Waals surface area contributed by atoms with Crippen LogP contribution in [-0.2, 0) is 11.3 Å². The van der Waals surface area contributed by atoms with Crippen molar-refractivity contribution in [2.24, 2.45) is 5.92 Å². The first-order valence-electron chi connectivity index (χ1n) is 8.04. The topological polar surface area (TPSA) is 38.1 Å². The minimum Gasteiger partial charge on any atom is -0.345 e. The van der Waals surface area contributed by atoms with Gasteiger partial charge in [-0.1, -0.05) is 30.3 Å². The highest BCUT2D eigenvalue weighted by Gasteiger charge is 2.24. The SMILES string of the molecule is CN(CC1CC1)C(=O)CCCn1cc(-c2ccccc2)cn1. The Balaban J connectivity index is 1.45. The van der Waals surface area contributed by atoms with Crippen LogP contribution in [0.3, 0.4) is 0 Å². The molecule has 3 rings (SSSR count). The fourth-order valence-electron chi connectivity index (χ4n) is 2.64. The van der Waals surface area contributed by atoms with Crippen molar-refractivity contribution in [1.82, 2.24) is 14.7 Å². The third kappa shape index (κ3) is 3.97. The van der Waals surface area contributed by atoms with Crippen LogP contribution in [0.5, 0.6) is 0 Å². The van der Waals surface area contributed by atoms with E-state index in [0.29, 0.717) is 6.42 Å². The summed E-state index contributed by atoms with van der Waals surface area (Å²) in [4.78, 5) is 13.9. The van der Waals surface area contributed by atoms with Gasteiger partial charge in [0.25, 0.3) is 0 Å². The summed E-state index contributed by atoms with van der Waals surface area (Å²) in [5.41, 5.74) is 2.30. The molecule has 0 N–H and O–H groups in total. The molecule has 1 aliphatic carbocycles. The molecule has 1 amide bonds. The Hall–Kier alpha value is -2.10. The van der Waals surface area contributed by atoms with Crippen molar-refractivity contribution in [2.75, 3.05) is 13.6 Å². The van der Waals surface area contributed by atoms with Crippen LogP contribution in [0.2, 0.25) is 0 Å². The highest BCUT2D eigenvalue weighted by Crippen LogP contribution is 2.29. The fraction of sp³-hybridized carbons (Fsp3) is 0.444. The smallest absolute Gasteiger partial charge is 0.222 e. The van der Waals surface area contributed by atoms with Gasteiger partial charge in [0, 0.05) is 38.3 Å². The van der Waals surface area contributed by atoms with Gasteiger partial charge in [-0.05, 0) is 30.7 Å². The molecule has 1 aromatic carbocycles. The minimum atomic E-state index is 0.252. The fourth-order valence-corrected chi connectivity index (χ4v) is 2.64. The van der Waals surface area contributed by atoms with Gasteiger partial charge in [0.2, 0.25) is 5.91 Å². The maximum Gasteiger partial charge on any atom is 0.222 e. The molecule has 2 aromatic rings. The van der Waals surface area contributed by atoms with E-state index in [2.05, 4.69) is 17.2 Å². The summed E-state index contributed by atoms with van der Waals surface area (Å²) in [5.74, 6) is 1.01. The van der Waals surface area contributed by atoms with Gasteiger partial charge in [-0.15, -0.1) is 0 Å². The predicted molar refractivity (Wildman–Crippen MR) is 87.3 cm³/mol. The van der Waals surface area contributed by atoms with Gasteiger partial charge in [0.05, 0.1) is 6.20 Å². The van der Waals surface area contributed by atoms with E-state index in [-0.39, 0.29) is 5.91 Å². The number of carbonyl (C=O) groups is 1. The number of aromatic nitrogens is 2. The van der Waals surface area contributed by atoms with Gasteiger partial charge >= 0.3 is 0 Å². The first-order chi connectivity index (χ1) is 10.7. The van der Waals surface area contributed by atoms with Gasteiger partial charge in [0.15, 0.2) is 0 Å². The van der Waals surface area contributed by atoms with E-state index in [0.717, 1.165) is 31.0 Å². The third-order valence-corrected chi connectivity index (χ3v) is 4.17. The highest BCUT2D eigenvalue weighted by atomic mass is 16.2. The molecule has 22 heavy (non-hydrogen) atoms. The molecule has 0 spiro atoms. The number of aryl methyl sites for hydroxylation is 1. The Labute approximate surface area is 131 Å². The number of benzene rings is 1. The highest BCUT2D eigenvalue weighted by molar-refractivity contribution is 5.75. The second-order valence-corrected chi connectivity index (χ2v) is 6.18. The number of hydrogen-bond acceptors (Lipinski definition) is 2. The van der Waals surface area contributed by atoms with Crippen molar-refractivity contribution in [2.45, 2.75) is 32.2 Å². The van der Waals surface area contributed by atoms with Crippen LogP contribution in [0.25, 0.3) is 11.1 Å². The van der Waals surface area contributed by atoms with Gasteiger partial charge in [0.1, 0.15) is 0 Å². The average molecular weight is 297 g/mol. The van der Waals surface area contributed by atoms with Gasteiger partial charge < -0.3 is 4.90 Å². The summed E-state index contributed by atoms with van der Waals surface area (Å²) < 4.78 is 1.93. The van der Waals surface area contributed by atoms with E-state index in [4.69, 9.17) is 0 Å². The Morgan fingerprint density at radius 2 is 2.05 bits per heavy atom. The number of hydrogen-bond donors (Lipinski definition) is 0. The van der Waals surface area contributed by atoms with Crippen LogP contribution in [0, 0.1) is 5.92 Å². The van der Waals surface area contributed by atoms with Crippen molar-refractivity contribution in [1.29, 1.82) is 0 Å². The second kappa shape index (κ2) is 6.77. The zero-order chi connectivity index (χ0) is 15.4. The van der Waals surface area contributed by atoms with Crippen molar-refractivity contribution in [3.8, 4) is 11.1 Å². The molecular formula is C18H23N3O. The molecule has 4 heteroatoms. The molecule has 0 atom stereocenters. The van der Waals surface area contributed by atoms with Crippen molar-refractivity contribution >= 4 is 5.91 Å². The van der Waals surface area contributed by atoms with Gasteiger partial charge in [-0.3, -0.25) is 9.48 Å². The lowest BCUT2D eigenvalue weighted by Gasteiger charge is -2.16. The zero-order valence-electron chi connectivity index (χ0n) is 13.1. The number of carbonyl (C=O) groups excluding carboxylic acids is 1. The van der Waals surface area contributed by atoms with E-state index in [1.165, 1.54) is 18.4 Å². The quantitative estimate of drug-likeness (QED) is 0.787. The Bertz CT molecular complexity index is 616. The Kier molecular flexibility index (Phi) is 4.56. The lowest BCUT2D eigenvalue weighted by Crippen LogP contribution is -2.28. The van der Waals surface area contributed by atoms with Gasteiger partial charge in [-0.25, -0.2) is 0 Å². The summed E-state index contributed by atoms with van der Waals surface area (Å²) in [5, 5.41) is 4.38. The molecule has 1 aromatic heterocycles. The number of amides is 1. The zero-order valence-corrected chi connectivity index (χ0v) is 13.1. The third-order valence-electron chi connectivity index (χ3n) is 4.17. The molecule has 0 aliphatic heterocycles. The number of rotatable bonds is 7. The van der Waals surface area contributed by atoms with Crippen LogP contribution in [-0.4, -0.2) is 34.2 Å². The molecule has 1 saturated carbocycles. The van der Waals surface area contributed by atoms with Crippen molar-refractivity contribution in [3.05, 3.63) is 42.7 Å². The lowest BCUT2D eigenvalue weighted by atomic mass is 10.1. The molecule has 116 valence electrons. The minimum absolute atomic E-state index is 0.252. The molecule has 1 fully saturated rings. The monoisotopic (exact) mass is 297 g/mol. The van der Waals surface area contributed by atoms with Crippen LogP contribution in [0.4, 0.5) is 0 Å². The molecule has 4 nitrogen and oxygen atoms in total. The first kappa shape index (κ1) is 14.8. The molecule has 1 aliphatic rings. The van der Waals surface area contributed by atoms with Gasteiger partial charge in [-0.2, -0.15) is 5.10 Å². The Morgan fingerprint density at radius 1 is 1.27 bits per heavy atom. The van der Waals surface area contributed by atoms with E-state index >= 15 is 0 Å². The van der Waals surface area contributed by atoms with Crippen LogP contribution in [0.1, 0.15) is 25.7 Å². The summed E-state index contributed by atoms with van der Waals surface area (Å²) in [6.45, 7) is 1.72. The van der Waals surface area contributed by atoms with E-state index in [1.54, 1.807) is 0 Å². The van der Waals surface area contributed by atoms with E-state index in [1.807, 2.05) is 47.2 Å². The van der Waals surface area contributed by atoms with Crippen LogP contribution in [0.15, 0.2) is 42.7 Å². The molecule has 1 heterocycles. The van der Waals surface area contributed by atoms with Crippen molar-refractivity contribution < 1.29 is 4.79 Å². The summed E-state index contributed by atoms with van der Waals surface area (Å²) in [7, 11) is 1.92. The lowest BCUT2D eigenvalue weighted by molar-refractivity contribution is -0.130. The predicted octanol–water partition coefficient (Wildman–Crippen LogP) is 3.20. The maximum atomic E-state index is 12.0. The van der Waals surface area contributed by atoms with Crippen LogP contribution >= 0.6 is 0 Å². The molecule has 0 saturated heterocycles. The largest absolute Gasteiger partial charge is 0.345 e. The summed E-state index contributed by atoms with van der Waals surface area (Å²) in [6, 6.07) is 10.2. The normalized spacial score (nSPS) is 14.0. The van der Waals surface area contributed by atoms with Crippen molar-refractivity contribution in [3.63, 3.8) is 0 Å². The summed E-state index contributed by atoms with van der Waals surface area (Å²) in [6.07, 6.45) is 7.94. The summed E-state index contributed by atoms with van der Waals surface area (Å²) >= 11 is 0.